The van der Waals surface area contributed by atoms with Crippen molar-refractivity contribution in [3.8, 4) is 0 Å². The normalized spacial score (nSPS) is 23.6. The molecule has 1 aliphatic heterocycles. The second kappa shape index (κ2) is 7.59. The van der Waals surface area contributed by atoms with Gasteiger partial charge >= 0.3 is 17.9 Å². The number of esters is 2. The summed E-state index contributed by atoms with van der Waals surface area (Å²) in [6.45, 7) is 4.55. The number of hydrogen-bond acceptors (Lipinski definition) is 5. The number of carbonyl (C=O) groups is 4. The number of aliphatic carboxylic acids is 1. The lowest BCUT2D eigenvalue weighted by atomic mass is 9.72. The van der Waals surface area contributed by atoms with E-state index in [0.717, 1.165) is 5.56 Å². The number of carboxylic acid groups (broad SMARTS) is 1. The third-order valence-electron chi connectivity index (χ3n) is 4.97. The summed E-state index contributed by atoms with van der Waals surface area (Å²) in [6.07, 6.45) is 0.315. The van der Waals surface area contributed by atoms with Gasteiger partial charge in [-0.15, -0.1) is 0 Å². The van der Waals surface area contributed by atoms with Gasteiger partial charge in [0.1, 0.15) is 5.78 Å². The average molecular weight is 346 g/mol. The number of ketones is 1. The highest BCUT2D eigenvalue weighted by Gasteiger charge is 2.52. The standard InChI is InChI=1S/C19H22O6/c1-10(13-7-5-4-6-8-13)9-14-16(19(24)25-18(14)23)15(12(3)20)11(2)17(21)22/h4-8,10-11,14-16H,9H2,1-3H3,(H,21,22)/t10?,11?,14?,15-,16?/m1/s1. The van der Waals surface area contributed by atoms with Crippen LogP contribution in [-0.4, -0.2) is 28.8 Å². The van der Waals surface area contributed by atoms with E-state index in [9.17, 15) is 24.3 Å². The Balaban J connectivity index is 2.30. The molecule has 0 amide bonds. The summed E-state index contributed by atoms with van der Waals surface area (Å²) in [5.41, 5.74) is 0.999. The molecule has 5 atom stereocenters. The highest BCUT2D eigenvalue weighted by atomic mass is 16.6. The van der Waals surface area contributed by atoms with E-state index in [2.05, 4.69) is 0 Å². The Morgan fingerprint density at radius 3 is 2.24 bits per heavy atom. The first-order valence-electron chi connectivity index (χ1n) is 8.27. The quantitative estimate of drug-likeness (QED) is 0.601. The van der Waals surface area contributed by atoms with E-state index >= 15 is 0 Å². The van der Waals surface area contributed by atoms with Crippen LogP contribution in [0, 0.1) is 23.7 Å². The fourth-order valence-electron chi connectivity index (χ4n) is 3.56. The van der Waals surface area contributed by atoms with Crippen molar-refractivity contribution in [2.24, 2.45) is 23.7 Å². The van der Waals surface area contributed by atoms with Crippen LogP contribution in [0.1, 0.15) is 38.7 Å². The molecule has 25 heavy (non-hydrogen) atoms. The summed E-state index contributed by atoms with van der Waals surface area (Å²) >= 11 is 0. The van der Waals surface area contributed by atoms with Crippen molar-refractivity contribution in [1.29, 1.82) is 0 Å². The number of ether oxygens (including phenoxy) is 1. The van der Waals surface area contributed by atoms with Crippen molar-refractivity contribution in [2.75, 3.05) is 0 Å². The lowest BCUT2D eigenvalue weighted by Gasteiger charge is -2.26. The topological polar surface area (TPSA) is 97.7 Å². The molecule has 6 nitrogen and oxygen atoms in total. The molecule has 1 heterocycles. The van der Waals surface area contributed by atoms with Crippen LogP contribution < -0.4 is 0 Å². The van der Waals surface area contributed by atoms with Gasteiger partial charge in [-0.2, -0.15) is 0 Å². The molecular weight excluding hydrogens is 324 g/mol. The van der Waals surface area contributed by atoms with Gasteiger partial charge in [-0.05, 0) is 24.8 Å². The summed E-state index contributed by atoms with van der Waals surface area (Å²) in [5, 5.41) is 9.27. The summed E-state index contributed by atoms with van der Waals surface area (Å²) in [7, 11) is 0. The molecule has 0 saturated carbocycles. The lowest BCUT2D eigenvalue weighted by molar-refractivity contribution is -0.155. The number of benzene rings is 1. The van der Waals surface area contributed by atoms with Crippen molar-refractivity contribution in [3.63, 3.8) is 0 Å². The molecule has 1 N–H and O–H groups in total. The fourth-order valence-corrected chi connectivity index (χ4v) is 3.56. The van der Waals surface area contributed by atoms with E-state index < -0.39 is 47.4 Å². The molecular formula is C19H22O6. The minimum atomic E-state index is -1.18. The van der Waals surface area contributed by atoms with Crippen LogP contribution in [0.5, 0.6) is 0 Å². The first-order chi connectivity index (χ1) is 11.7. The molecule has 1 saturated heterocycles. The average Bonchev–Trinajstić information content (AvgIpc) is 2.82. The predicted molar refractivity (Wildman–Crippen MR) is 88.5 cm³/mol. The highest BCUT2D eigenvalue weighted by Crippen LogP contribution is 2.40. The van der Waals surface area contributed by atoms with Gasteiger partial charge in [-0.1, -0.05) is 44.2 Å². The SMILES string of the molecule is CC(=O)[C@@H](C(C)C(=O)O)C1C(=O)OC(=O)C1CC(C)c1ccccc1. The Bertz CT molecular complexity index is 680. The Morgan fingerprint density at radius 1 is 1.12 bits per heavy atom. The Morgan fingerprint density at radius 2 is 1.72 bits per heavy atom. The summed E-state index contributed by atoms with van der Waals surface area (Å²) < 4.78 is 4.76. The van der Waals surface area contributed by atoms with E-state index in [1.807, 2.05) is 37.3 Å². The molecule has 6 heteroatoms. The van der Waals surface area contributed by atoms with Gasteiger partial charge in [0.15, 0.2) is 0 Å². The number of carbonyl (C=O) groups excluding carboxylic acids is 3. The van der Waals surface area contributed by atoms with Gasteiger partial charge in [-0.25, -0.2) is 0 Å². The summed E-state index contributed by atoms with van der Waals surface area (Å²) in [4.78, 5) is 47.8. The van der Waals surface area contributed by atoms with Crippen LogP contribution in [0.15, 0.2) is 30.3 Å². The first kappa shape index (κ1) is 18.8. The van der Waals surface area contributed by atoms with E-state index in [4.69, 9.17) is 4.74 Å². The molecule has 1 aromatic carbocycles. The summed E-state index contributed by atoms with van der Waals surface area (Å²) in [5.74, 6) is -7.16. The molecule has 2 rings (SSSR count). The van der Waals surface area contributed by atoms with Crippen molar-refractivity contribution < 1.29 is 29.0 Å². The molecule has 0 bridgehead atoms. The summed E-state index contributed by atoms with van der Waals surface area (Å²) in [6, 6.07) is 9.49. The number of rotatable bonds is 7. The van der Waals surface area contributed by atoms with Crippen LogP contribution in [-0.2, 0) is 23.9 Å². The van der Waals surface area contributed by atoms with Gasteiger partial charge < -0.3 is 9.84 Å². The second-order valence-corrected chi connectivity index (χ2v) is 6.68. The zero-order valence-corrected chi connectivity index (χ0v) is 14.5. The molecule has 1 aliphatic rings. The highest BCUT2D eigenvalue weighted by molar-refractivity contribution is 6.00. The van der Waals surface area contributed by atoms with Gasteiger partial charge in [0.2, 0.25) is 0 Å². The van der Waals surface area contributed by atoms with Crippen LogP contribution >= 0.6 is 0 Å². The van der Waals surface area contributed by atoms with Crippen molar-refractivity contribution in [2.45, 2.75) is 33.1 Å². The first-order valence-corrected chi connectivity index (χ1v) is 8.27. The largest absolute Gasteiger partial charge is 0.481 e. The Hall–Kier alpha value is -2.50. The molecule has 1 aromatic rings. The maximum Gasteiger partial charge on any atom is 0.318 e. The second-order valence-electron chi connectivity index (χ2n) is 6.68. The van der Waals surface area contributed by atoms with Crippen LogP contribution in [0.3, 0.4) is 0 Å². The number of hydrogen-bond donors (Lipinski definition) is 1. The molecule has 0 radical (unpaired) electrons. The van der Waals surface area contributed by atoms with Gasteiger partial charge in [0.05, 0.1) is 17.8 Å². The minimum absolute atomic E-state index is 0.0418. The van der Waals surface area contributed by atoms with Crippen molar-refractivity contribution >= 4 is 23.7 Å². The van der Waals surface area contributed by atoms with Gasteiger partial charge in [0.25, 0.3) is 0 Å². The molecule has 0 aliphatic carbocycles. The maximum absolute atomic E-state index is 12.2. The van der Waals surface area contributed by atoms with E-state index in [1.54, 1.807) is 0 Å². The van der Waals surface area contributed by atoms with Gasteiger partial charge in [0, 0.05) is 5.92 Å². The van der Waals surface area contributed by atoms with Crippen LogP contribution in [0.4, 0.5) is 0 Å². The molecule has 4 unspecified atom stereocenters. The lowest BCUT2D eigenvalue weighted by Crippen LogP contribution is -2.38. The van der Waals surface area contributed by atoms with Gasteiger partial charge in [-0.3, -0.25) is 19.2 Å². The van der Waals surface area contributed by atoms with Crippen LogP contribution in [0.25, 0.3) is 0 Å². The zero-order chi connectivity index (χ0) is 18.7. The number of Topliss-reactive ketones (excluding diaryl/α,β-unsaturated/α-hetero) is 1. The van der Waals surface area contributed by atoms with E-state index in [1.165, 1.54) is 13.8 Å². The smallest absolute Gasteiger partial charge is 0.318 e. The van der Waals surface area contributed by atoms with Crippen molar-refractivity contribution in [1.82, 2.24) is 0 Å². The minimum Gasteiger partial charge on any atom is -0.481 e. The molecule has 1 fully saturated rings. The maximum atomic E-state index is 12.2. The Labute approximate surface area is 146 Å². The molecule has 0 aromatic heterocycles. The van der Waals surface area contributed by atoms with Crippen molar-refractivity contribution in [3.05, 3.63) is 35.9 Å². The monoisotopic (exact) mass is 346 g/mol. The Kier molecular flexibility index (Phi) is 5.72. The number of carboxylic acids is 1. The third kappa shape index (κ3) is 3.95. The molecule has 0 spiro atoms. The molecule has 134 valence electrons. The van der Waals surface area contributed by atoms with E-state index in [-0.39, 0.29) is 5.92 Å². The fraction of sp³-hybridized carbons (Fsp3) is 0.474. The zero-order valence-electron chi connectivity index (χ0n) is 14.5. The third-order valence-corrected chi connectivity index (χ3v) is 4.97. The number of cyclic esters (lactones) is 2. The van der Waals surface area contributed by atoms with Crippen LogP contribution in [0.2, 0.25) is 0 Å². The van der Waals surface area contributed by atoms with E-state index in [0.29, 0.717) is 6.42 Å². The predicted octanol–water partition coefficient (Wildman–Crippen LogP) is 2.42.